The third-order valence-corrected chi connectivity index (χ3v) is 2.97. The van der Waals surface area contributed by atoms with Crippen LogP contribution in [0.5, 0.6) is 0 Å². The molecule has 1 rings (SSSR count). The molecule has 1 saturated heterocycles. The average molecular weight is 243 g/mol. The minimum atomic E-state index is 0.177. The van der Waals surface area contributed by atoms with Crippen LogP contribution in [0, 0.1) is 11.3 Å². The maximum Gasteiger partial charge on any atom is 0.0529 e. The highest BCUT2D eigenvalue weighted by Gasteiger charge is 2.22. The summed E-state index contributed by atoms with van der Waals surface area (Å²) in [7, 11) is 0. The number of ether oxygens (including phenoxy) is 2. The van der Waals surface area contributed by atoms with Gasteiger partial charge in [-0.25, -0.2) is 0 Å². The topological polar surface area (TPSA) is 30.5 Å². The van der Waals surface area contributed by atoms with E-state index in [1.807, 2.05) is 0 Å². The zero-order valence-electron chi connectivity index (χ0n) is 12.1. The molecule has 0 bridgehead atoms. The summed E-state index contributed by atoms with van der Waals surface area (Å²) < 4.78 is 11.2. The molecule has 0 aliphatic carbocycles. The second-order valence-corrected chi connectivity index (χ2v) is 7.01. The lowest BCUT2D eigenvalue weighted by molar-refractivity contribution is 0.0349. The minimum absolute atomic E-state index is 0.177. The van der Waals surface area contributed by atoms with E-state index in [2.05, 4.69) is 39.9 Å². The Hall–Kier alpha value is -0.120. The number of rotatable bonds is 6. The summed E-state index contributed by atoms with van der Waals surface area (Å²) >= 11 is 0. The molecule has 1 fully saturated rings. The molecule has 3 heteroatoms. The average Bonchev–Trinajstić information content (AvgIpc) is 2.67. The van der Waals surface area contributed by atoms with Crippen LogP contribution in [0.3, 0.4) is 0 Å². The van der Waals surface area contributed by atoms with Gasteiger partial charge in [-0.05, 0) is 27.2 Å². The summed E-state index contributed by atoms with van der Waals surface area (Å²) in [5.74, 6) is 0.612. The number of hydrogen-bond acceptors (Lipinski definition) is 3. The van der Waals surface area contributed by atoms with Gasteiger partial charge >= 0.3 is 0 Å². The lowest BCUT2D eigenvalue weighted by atomic mass is 9.93. The first kappa shape index (κ1) is 14.9. The Morgan fingerprint density at radius 3 is 2.47 bits per heavy atom. The van der Waals surface area contributed by atoms with Gasteiger partial charge in [-0.1, -0.05) is 13.8 Å². The van der Waals surface area contributed by atoms with E-state index < -0.39 is 0 Å². The Morgan fingerprint density at radius 2 is 1.94 bits per heavy atom. The molecule has 1 unspecified atom stereocenters. The van der Waals surface area contributed by atoms with E-state index in [-0.39, 0.29) is 11.0 Å². The Morgan fingerprint density at radius 1 is 1.24 bits per heavy atom. The van der Waals surface area contributed by atoms with E-state index in [0.717, 1.165) is 39.4 Å². The molecule has 0 aromatic carbocycles. The molecule has 0 amide bonds. The van der Waals surface area contributed by atoms with E-state index >= 15 is 0 Å². The maximum atomic E-state index is 5.83. The van der Waals surface area contributed by atoms with Gasteiger partial charge in [-0.3, -0.25) is 0 Å². The van der Waals surface area contributed by atoms with Crippen LogP contribution in [0.2, 0.25) is 0 Å². The fourth-order valence-corrected chi connectivity index (χ4v) is 1.77. The van der Waals surface area contributed by atoms with Gasteiger partial charge in [0.05, 0.1) is 19.8 Å². The van der Waals surface area contributed by atoms with Gasteiger partial charge in [0.25, 0.3) is 0 Å². The summed E-state index contributed by atoms with van der Waals surface area (Å²) in [5.41, 5.74) is 0.364. The second kappa shape index (κ2) is 6.17. The number of nitrogens with one attached hydrogen (secondary N) is 1. The third kappa shape index (κ3) is 7.02. The predicted octanol–water partition coefficient (Wildman–Crippen LogP) is 2.45. The van der Waals surface area contributed by atoms with Crippen LogP contribution >= 0.6 is 0 Å². The van der Waals surface area contributed by atoms with E-state index in [1.54, 1.807) is 0 Å². The molecule has 0 aromatic heterocycles. The molecule has 1 N–H and O–H groups in total. The summed E-state index contributed by atoms with van der Waals surface area (Å²) in [6.45, 7) is 15.5. The maximum absolute atomic E-state index is 5.83. The number of hydrogen-bond donors (Lipinski definition) is 1. The van der Waals surface area contributed by atoms with Crippen molar-refractivity contribution in [3.05, 3.63) is 0 Å². The fraction of sp³-hybridized carbons (Fsp3) is 1.00. The Bertz CT molecular complexity index is 215. The Balaban J connectivity index is 2.14. The van der Waals surface area contributed by atoms with Crippen LogP contribution in [0.1, 0.15) is 41.0 Å². The van der Waals surface area contributed by atoms with E-state index in [1.165, 1.54) is 0 Å². The van der Waals surface area contributed by atoms with E-state index in [4.69, 9.17) is 9.47 Å². The van der Waals surface area contributed by atoms with Crippen LogP contribution in [0.25, 0.3) is 0 Å². The van der Waals surface area contributed by atoms with Crippen molar-refractivity contribution in [3.63, 3.8) is 0 Å². The molecule has 1 aliphatic heterocycles. The van der Waals surface area contributed by atoms with Crippen molar-refractivity contribution in [1.29, 1.82) is 0 Å². The standard InChI is InChI=1S/C14H29NO2/c1-13(2,3)15-10-14(4,5)11-17-9-12-6-7-16-8-12/h12,15H,6-11H2,1-5H3. The van der Waals surface area contributed by atoms with Gasteiger partial charge < -0.3 is 14.8 Å². The van der Waals surface area contributed by atoms with Gasteiger partial charge in [0, 0.05) is 30.0 Å². The van der Waals surface area contributed by atoms with Crippen molar-refractivity contribution in [3.8, 4) is 0 Å². The molecule has 3 nitrogen and oxygen atoms in total. The van der Waals surface area contributed by atoms with Crippen molar-refractivity contribution >= 4 is 0 Å². The highest BCUT2D eigenvalue weighted by molar-refractivity contribution is 4.78. The zero-order valence-corrected chi connectivity index (χ0v) is 12.1. The predicted molar refractivity (Wildman–Crippen MR) is 71.3 cm³/mol. The monoisotopic (exact) mass is 243 g/mol. The second-order valence-electron chi connectivity index (χ2n) is 7.01. The van der Waals surface area contributed by atoms with E-state index in [0.29, 0.717) is 5.92 Å². The third-order valence-electron chi connectivity index (χ3n) is 2.97. The smallest absolute Gasteiger partial charge is 0.0529 e. The Kier molecular flexibility index (Phi) is 5.42. The first-order valence-corrected chi connectivity index (χ1v) is 6.69. The van der Waals surface area contributed by atoms with Crippen LogP contribution in [-0.4, -0.2) is 38.5 Å². The van der Waals surface area contributed by atoms with Crippen LogP contribution in [0.4, 0.5) is 0 Å². The molecule has 102 valence electrons. The molecule has 0 aromatic rings. The molecule has 17 heavy (non-hydrogen) atoms. The van der Waals surface area contributed by atoms with E-state index in [9.17, 15) is 0 Å². The largest absolute Gasteiger partial charge is 0.381 e. The quantitative estimate of drug-likeness (QED) is 0.777. The molecular formula is C14H29NO2. The normalized spacial score (nSPS) is 22.1. The van der Waals surface area contributed by atoms with Gasteiger partial charge in [0.1, 0.15) is 0 Å². The summed E-state index contributed by atoms with van der Waals surface area (Å²) in [6, 6.07) is 0. The van der Waals surface area contributed by atoms with Gasteiger partial charge in [0.15, 0.2) is 0 Å². The van der Waals surface area contributed by atoms with Crippen molar-refractivity contribution in [2.45, 2.75) is 46.6 Å². The highest BCUT2D eigenvalue weighted by Crippen LogP contribution is 2.18. The Labute approximate surface area is 106 Å². The first-order valence-electron chi connectivity index (χ1n) is 6.69. The van der Waals surface area contributed by atoms with Crippen molar-refractivity contribution < 1.29 is 9.47 Å². The van der Waals surface area contributed by atoms with Gasteiger partial charge in [-0.2, -0.15) is 0 Å². The molecule has 0 radical (unpaired) electrons. The molecule has 0 saturated carbocycles. The summed E-state index contributed by atoms with van der Waals surface area (Å²) in [4.78, 5) is 0. The van der Waals surface area contributed by atoms with Crippen LogP contribution in [0.15, 0.2) is 0 Å². The molecule has 1 aliphatic rings. The highest BCUT2D eigenvalue weighted by atomic mass is 16.5. The molecule has 1 atom stereocenters. The van der Waals surface area contributed by atoms with Crippen LogP contribution in [-0.2, 0) is 9.47 Å². The summed E-state index contributed by atoms with van der Waals surface area (Å²) in [6.07, 6.45) is 1.15. The SMILES string of the molecule is CC(C)(CNC(C)(C)C)COCC1CCOC1. The summed E-state index contributed by atoms with van der Waals surface area (Å²) in [5, 5.41) is 3.54. The van der Waals surface area contributed by atoms with Crippen molar-refractivity contribution in [2.24, 2.45) is 11.3 Å². The van der Waals surface area contributed by atoms with Gasteiger partial charge in [-0.15, -0.1) is 0 Å². The minimum Gasteiger partial charge on any atom is -0.381 e. The molecule has 0 spiro atoms. The molecule has 1 heterocycles. The lowest BCUT2D eigenvalue weighted by Gasteiger charge is -2.30. The van der Waals surface area contributed by atoms with Gasteiger partial charge in [0.2, 0.25) is 0 Å². The lowest BCUT2D eigenvalue weighted by Crippen LogP contribution is -2.43. The van der Waals surface area contributed by atoms with Crippen molar-refractivity contribution in [1.82, 2.24) is 5.32 Å². The fourth-order valence-electron chi connectivity index (χ4n) is 1.77. The van der Waals surface area contributed by atoms with Crippen LogP contribution < -0.4 is 5.32 Å². The zero-order chi connectivity index (χ0) is 12.9. The van der Waals surface area contributed by atoms with Crippen molar-refractivity contribution in [2.75, 3.05) is 33.0 Å². The first-order chi connectivity index (χ1) is 7.79. The molecular weight excluding hydrogens is 214 g/mol.